The third-order valence-electron chi connectivity index (χ3n) is 6.14. The van der Waals surface area contributed by atoms with Crippen LogP contribution in [0.3, 0.4) is 0 Å². The monoisotopic (exact) mass is 422 g/mol. The molecule has 7 heteroatoms. The zero-order valence-electron chi connectivity index (χ0n) is 18.2. The summed E-state index contributed by atoms with van der Waals surface area (Å²) in [5.74, 6) is 0.734. The Hall–Kier alpha value is -3.06. The Morgan fingerprint density at radius 1 is 1.16 bits per heavy atom. The number of amides is 3. The SMILES string of the molecule is COc1ccccc1[C@@H](CNC(=O)c1ccc(N2CCNC2=O)c(C)c1)N1CCCC1. The topological polar surface area (TPSA) is 73.9 Å². The summed E-state index contributed by atoms with van der Waals surface area (Å²) in [5, 5.41) is 5.93. The Morgan fingerprint density at radius 2 is 1.94 bits per heavy atom. The Bertz CT molecular complexity index is 956. The molecule has 2 aromatic rings. The van der Waals surface area contributed by atoms with E-state index in [-0.39, 0.29) is 18.0 Å². The van der Waals surface area contributed by atoms with Gasteiger partial charge in [0.15, 0.2) is 0 Å². The number of urea groups is 1. The van der Waals surface area contributed by atoms with Crippen LogP contribution in [0.5, 0.6) is 5.75 Å². The van der Waals surface area contributed by atoms with Crippen LogP contribution >= 0.6 is 0 Å². The molecule has 0 bridgehead atoms. The highest BCUT2D eigenvalue weighted by Gasteiger charge is 2.27. The van der Waals surface area contributed by atoms with Gasteiger partial charge in [0.2, 0.25) is 0 Å². The van der Waals surface area contributed by atoms with Crippen molar-refractivity contribution in [2.75, 3.05) is 44.7 Å². The number of para-hydroxylation sites is 1. The molecule has 0 unspecified atom stereocenters. The smallest absolute Gasteiger partial charge is 0.322 e. The second kappa shape index (κ2) is 9.39. The number of hydrogen-bond donors (Lipinski definition) is 2. The minimum atomic E-state index is -0.111. The molecular weight excluding hydrogens is 392 g/mol. The fraction of sp³-hybridized carbons (Fsp3) is 0.417. The molecule has 31 heavy (non-hydrogen) atoms. The second-order valence-electron chi connectivity index (χ2n) is 8.10. The minimum Gasteiger partial charge on any atom is -0.496 e. The van der Waals surface area contributed by atoms with E-state index in [1.807, 2.05) is 37.3 Å². The van der Waals surface area contributed by atoms with Gasteiger partial charge in [0.05, 0.1) is 13.2 Å². The molecule has 2 N–H and O–H groups in total. The van der Waals surface area contributed by atoms with Gasteiger partial charge in [0, 0.05) is 36.4 Å². The highest BCUT2D eigenvalue weighted by Crippen LogP contribution is 2.31. The molecule has 0 aromatic heterocycles. The van der Waals surface area contributed by atoms with Crippen molar-refractivity contribution in [2.24, 2.45) is 0 Å². The van der Waals surface area contributed by atoms with Gasteiger partial charge in [-0.05, 0) is 62.7 Å². The van der Waals surface area contributed by atoms with Crippen LogP contribution in [0.15, 0.2) is 42.5 Å². The lowest BCUT2D eigenvalue weighted by Crippen LogP contribution is -2.37. The first-order valence-corrected chi connectivity index (χ1v) is 10.9. The van der Waals surface area contributed by atoms with Gasteiger partial charge < -0.3 is 15.4 Å². The maximum absolute atomic E-state index is 12.9. The lowest BCUT2D eigenvalue weighted by molar-refractivity contribution is 0.0937. The van der Waals surface area contributed by atoms with Crippen molar-refractivity contribution in [3.63, 3.8) is 0 Å². The van der Waals surface area contributed by atoms with E-state index in [0.717, 1.165) is 35.7 Å². The molecule has 2 heterocycles. The highest BCUT2D eigenvalue weighted by molar-refractivity contribution is 5.97. The van der Waals surface area contributed by atoms with Crippen LogP contribution in [0, 0.1) is 6.92 Å². The number of benzene rings is 2. The van der Waals surface area contributed by atoms with Crippen molar-refractivity contribution in [1.29, 1.82) is 0 Å². The number of aryl methyl sites for hydroxylation is 1. The van der Waals surface area contributed by atoms with E-state index in [1.165, 1.54) is 12.8 Å². The Kier molecular flexibility index (Phi) is 6.42. The van der Waals surface area contributed by atoms with Gasteiger partial charge in [-0.1, -0.05) is 18.2 Å². The number of anilines is 1. The van der Waals surface area contributed by atoms with Crippen LogP contribution in [0.4, 0.5) is 10.5 Å². The van der Waals surface area contributed by atoms with Gasteiger partial charge in [-0.25, -0.2) is 4.79 Å². The van der Waals surface area contributed by atoms with Gasteiger partial charge in [-0.2, -0.15) is 0 Å². The summed E-state index contributed by atoms with van der Waals surface area (Å²) in [5.41, 5.74) is 3.45. The zero-order chi connectivity index (χ0) is 21.8. The van der Waals surface area contributed by atoms with Crippen LogP contribution in [0.1, 0.15) is 40.4 Å². The maximum atomic E-state index is 12.9. The number of likely N-dealkylation sites (tertiary alicyclic amines) is 1. The fourth-order valence-electron chi connectivity index (χ4n) is 4.52. The molecule has 7 nitrogen and oxygen atoms in total. The molecule has 2 fully saturated rings. The third-order valence-corrected chi connectivity index (χ3v) is 6.14. The van der Waals surface area contributed by atoms with E-state index in [4.69, 9.17) is 4.74 Å². The number of nitrogens with zero attached hydrogens (tertiary/aromatic N) is 2. The summed E-state index contributed by atoms with van der Waals surface area (Å²) < 4.78 is 5.59. The Labute approximate surface area is 183 Å². The van der Waals surface area contributed by atoms with Crippen molar-refractivity contribution in [3.05, 3.63) is 59.2 Å². The van der Waals surface area contributed by atoms with Crippen molar-refractivity contribution in [2.45, 2.75) is 25.8 Å². The van der Waals surface area contributed by atoms with E-state index in [9.17, 15) is 9.59 Å². The quantitative estimate of drug-likeness (QED) is 0.719. The van der Waals surface area contributed by atoms with E-state index in [2.05, 4.69) is 21.6 Å². The first-order valence-electron chi connectivity index (χ1n) is 10.9. The molecule has 2 saturated heterocycles. The number of carbonyl (C=O) groups is 2. The van der Waals surface area contributed by atoms with Crippen LogP contribution in [-0.2, 0) is 0 Å². The van der Waals surface area contributed by atoms with E-state index < -0.39 is 0 Å². The first-order chi connectivity index (χ1) is 15.1. The van der Waals surface area contributed by atoms with Crippen molar-refractivity contribution in [1.82, 2.24) is 15.5 Å². The van der Waals surface area contributed by atoms with Crippen LogP contribution < -0.4 is 20.3 Å². The first kappa shape index (κ1) is 21.2. The average molecular weight is 423 g/mol. The number of rotatable bonds is 7. The number of ether oxygens (including phenoxy) is 1. The van der Waals surface area contributed by atoms with Crippen LogP contribution in [0.2, 0.25) is 0 Å². The van der Waals surface area contributed by atoms with Crippen LogP contribution in [0.25, 0.3) is 0 Å². The molecule has 164 valence electrons. The number of hydrogen-bond acceptors (Lipinski definition) is 4. The summed E-state index contributed by atoms with van der Waals surface area (Å²) >= 11 is 0. The zero-order valence-corrected chi connectivity index (χ0v) is 18.2. The largest absolute Gasteiger partial charge is 0.496 e. The van der Waals surface area contributed by atoms with Crippen molar-refractivity contribution < 1.29 is 14.3 Å². The predicted molar refractivity (Wildman–Crippen MR) is 121 cm³/mol. The molecule has 0 spiro atoms. The van der Waals surface area contributed by atoms with Gasteiger partial charge in [-0.3, -0.25) is 14.6 Å². The third kappa shape index (κ3) is 4.51. The molecular formula is C24H30N4O3. The lowest BCUT2D eigenvalue weighted by atomic mass is 10.0. The number of carbonyl (C=O) groups excluding carboxylic acids is 2. The molecule has 0 saturated carbocycles. The van der Waals surface area contributed by atoms with Gasteiger partial charge in [0.25, 0.3) is 5.91 Å². The summed E-state index contributed by atoms with van der Waals surface area (Å²) in [6.07, 6.45) is 2.34. The van der Waals surface area contributed by atoms with Gasteiger partial charge >= 0.3 is 6.03 Å². The Morgan fingerprint density at radius 3 is 2.61 bits per heavy atom. The summed E-state index contributed by atoms with van der Waals surface area (Å²) in [7, 11) is 1.68. The Balaban J connectivity index is 1.49. The van der Waals surface area contributed by atoms with Crippen LogP contribution in [-0.4, -0.2) is 56.7 Å². The predicted octanol–water partition coefficient (Wildman–Crippen LogP) is 3.10. The minimum absolute atomic E-state index is 0.0660. The highest BCUT2D eigenvalue weighted by atomic mass is 16.5. The summed E-state index contributed by atoms with van der Waals surface area (Å²) in [6, 6.07) is 13.5. The normalized spacial score (nSPS) is 17.5. The molecule has 0 aliphatic carbocycles. The second-order valence-corrected chi connectivity index (χ2v) is 8.10. The van der Waals surface area contributed by atoms with Crippen molar-refractivity contribution in [3.8, 4) is 5.75 Å². The molecule has 2 aromatic carbocycles. The van der Waals surface area contributed by atoms with E-state index in [0.29, 0.717) is 25.2 Å². The average Bonchev–Trinajstić information content (AvgIpc) is 3.46. The fourth-order valence-corrected chi connectivity index (χ4v) is 4.52. The van der Waals surface area contributed by atoms with Gasteiger partial charge in [0.1, 0.15) is 5.75 Å². The molecule has 2 aliphatic heterocycles. The number of nitrogens with one attached hydrogen (secondary N) is 2. The molecule has 4 rings (SSSR count). The summed E-state index contributed by atoms with van der Waals surface area (Å²) in [6.45, 7) is 5.76. The summed E-state index contributed by atoms with van der Waals surface area (Å²) in [4.78, 5) is 29.0. The van der Waals surface area contributed by atoms with Gasteiger partial charge in [-0.15, -0.1) is 0 Å². The molecule has 1 atom stereocenters. The number of methoxy groups -OCH3 is 1. The lowest BCUT2D eigenvalue weighted by Gasteiger charge is -2.29. The van der Waals surface area contributed by atoms with Crippen molar-refractivity contribution >= 4 is 17.6 Å². The standard InChI is InChI=1S/C24H30N4O3/c1-17-15-18(9-10-20(17)28-14-11-25-24(28)30)23(29)26-16-21(27-12-5-6-13-27)19-7-3-4-8-22(19)31-2/h3-4,7-10,15,21H,5-6,11-14,16H2,1-2H3,(H,25,30)(H,26,29)/t21-/m1/s1. The van der Waals surface area contributed by atoms with E-state index >= 15 is 0 Å². The van der Waals surface area contributed by atoms with E-state index in [1.54, 1.807) is 18.1 Å². The molecule has 3 amide bonds. The maximum Gasteiger partial charge on any atom is 0.322 e. The molecule has 2 aliphatic rings. The molecule has 0 radical (unpaired) electrons.